The molecule has 0 aliphatic carbocycles. The molecule has 0 unspecified atom stereocenters. The number of nitrogens with zero attached hydrogens (tertiary/aromatic N) is 1. The molecule has 1 saturated heterocycles. The second-order valence-corrected chi connectivity index (χ2v) is 8.10. The van der Waals surface area contributed by atoms with Gasteiger partial charge in [-0.1, -0.05) is 6.07 Å². The van der Waals surface area contributed by atoms with E-state index in [1.165, 1.54) is 0 Å². The Bertz CT molecular complexity index is 711. The van der Waals surface area contributed by atoms with Gasteiger partial charge in [0.2, 0.25) is 5.91 Å². The Balaban J connectivity index is 1.85. The minimum Gasteiger partial charge on any atom is -0.361 e. The van der Waals surface area contributed by atoms with Gasteiger partial charge in [-0.25, -0.2) is 0 Å². The van der Waals surface area contributed by atoms with Crippen molar-refractivity contribution in [3.63, 3.8) is 0 Å². The first-order valence-electron chi connectivity index (χ1n) is 8.34. The minimum atomic E-state index is -0.212. The first kappa shape index (κ1) is 16.1. The molecule has 23 heavy (non-hydrogen) atoms. The molecular formula is C19H27N3O. The molecule has 124 valence electrons. The monoisotopic (exact) mass is 313 g/mol. The van der Waals surface area contributed by atoms with Crippen molar-refractivity contribution in [1.82, 2.24) is 9.88 Å². The van der Waals surface area contributed by atoms with Gasteiger partial charge >= 0.3 is 0 Å². The van der Waals surface area contributed by atoms with Crippen LogP contribution < -0.4 is 5.73 Å². The van der Waals surface area contributed by atoms with E-state index in [1.54, 1.807) is 0 Å². The number of fused-ring (bicyclic) bond motifs is 1. The quantitative estimate of drug-likeness (QED) is 0.894. The Hall–Kier alpha value is -1.81. The third-order valence-corrected chi connectivity index (χ3v) is 4.96. The van der Waals surface area contributed by atoms with Crippen molar-refractivity contribution in [3.05, 3.63) is 36.0 Å². The van der Waals surface area contributed by atoms with Crippen LogP contribution in [-0.2, 0) is 11.2 Å². The third kappa shape index (κ3) is 3.00. The van der Waals surface area contributed by atoms with Gasteiger partial charge in [-0.2, -0.15) is 0 Å². The first-order valence-corrected chi connectivity index (χ1v) is 8.34. The molecular weight excluding hydrogens is 286 g/mol. The van der Waals surface area contributed by atoms with Gasteiger partial charge < -0.3 is 15.6 Å². The van der Waals surface area contributed by atoms with Gasteiger partial charge in [-0.15, -0.1) is 0 Å². The molecule has 2 aromatic rings. The van der Waals surface area contributed by atoms with Crippen LogP contribution in [0.1, 0.15) is 46.1 Å². The number of aromatic nitrogens is 1. The van der Waals surface area contributed by atoms with Crippen molar-refractivity contribution < 1.29 is 4.79 Å². The average molecular weight is 313 g/mol. The zero-order chi connectivity index (χ0) is 16.8. The molecule has 0 spiro atoms. The summed E-state index contributed by atoms with van der Waals surface area (Å²) in [5.41, 5.74) is 7.95. The molecule has 4 nitrogen and oxygen atoms in total. The molecule has 0 radical (unpaired) electrons. The highest BCUT2D eigenvalue weighted by Crippen LogP contribution is 2.38. The lowest BCUT2D eigenvalue weighted by Gasteiger charge is -2.54. The number of likely N-dealkylation sites (tertiary alicyclic amines) is 1. The maximum atomic E-state index is 13.1. The minimum absolute atomic E-state index is 0.153. The molecule has 0 bridgehead atoms. The summed E-state index contributed by atoms with van der Waals surface area (Å²) >= 11 is 0. The Morgan fingerprint density at radius 1 is 1.22 bits per heavy atom. The predicted octanol–water partition coefficient (Wildman–Crippen LogP) is 3.22. The number of nitrogens with one attached hydrogen (secondary N) is 1. The van der Waals surface area contributed by atoms with Crippen molar-refractivity contribution in [1.29, 1.82) is 0 Å². The number of amides is 1. The summed E-state index contributed by atoms with van der Waals surface area (Å²) in [5.74, 6) is 0.182. The number of rotatable bonds is 2. The van der Waals surface area contributed by atoms with Crippen LogP contribution in [0.5, 0.6) is 0 Å². The molecule has 0 saturated carbocycles. The number of H-pyrrole nitrogens is 1. The van der Waals surface area contributed by atoms with Crippen LogP contribution in [0.4, 0.5) is 0 Å². The molecule has 1 aliphatic heterocycles. The fraction of sp³-hybridized carbons (Fsp3) is 0.526. The molecule has 0 atom stereocenters. The number of carbonyl (C=O) groups excluding carboxylic acids is 1. The van der Waals surface area contributed by atoms with E-state index in [0.717, 1.165) is 29.3 Å². The van der Waals surface area contributed by atoms with E-state index in [9.17, 15) is 4.79 Å². The van der Waals surface area contributed by atoms with Crippen molar-refractivity contribution in [2.24, 2.45) is 5.73 Å². The average Bonchev–Trinajstić information content (AvgIpc) is 2.81. The van der Waals surface area contributed by atoms with E-state index in [4.69, 9.17) is 5.73 Å². The number of hydrogen-bond donors (Lipinski definition) is 2. The summed E-state index contributed by atoms with van der Waals surface area (Å²) in [6.45, 7) is 8.50. The maximum Gasteiger partial charge on any atom is 0.227 e. The predicted molar refractivity (Wildman–Crippen MR) is 94.2 cm³/mol. The number of hydrogen-bond acceptors (Lipinski definition) is 2. The summed E-state index contributed by atoms with van der Waals surface area (Å²) in [6, 6.07) is 8.36. The number of aromatic amines is 1. The fourth-order valence-corrected chi connectivity index (χ4v) is 4.50. The van der Waals surface area contributed by atoms with Crippen LogP contribution in [-0.4, -0.2) is 32.9 Å². The number of nitrogens with two attached hydrogens (primary N) is 1. The zero-order valence-electron chi connectivity index (χ0n) is 14.5. The van der Waals surface area contributed by atoms with E-state index < -0.39 is 0 Å². The van der Waals surface area contributed by atoms with Gasteiger partial charge in [0.05, 0.1) is 6.42 Å². The number of carbonyl (C=O) groups is 1. The van der Waals surface area contributed by atoms with Gasteiger partial charge in [0, 0.05) is 28.8 Å². The van der Waals surface area contributed by atoms with Gasteiger partial charge in [-0.3, -0.25) is 4.79 Å². The van der Waals surface area contributed by atoms with Crippen LogP contribution >= 0.6 is 0 Å². The molecule has 1 amide bonds. The Morgan fingerprint density at radius 3 is 2.52 bits per heavy atom. The second-order valence-electron chi connectivity index (χ2n) is 8.10. The smallest absolute Gasteiger partial charge is 0.227 e. The topological polar surface area (TPSA) is 62.1 Å². The molecule has 3 N–H and O–H groups in total. The van der Waals surface area contributed by atoms with Crippen LogP contribution in [0.25, 0.3) is 10.9 Å². The Morgan fingerprint density at radius 2 is 1.87 bits per heavy atom. The maximum absolute atomic E-state index is 13.1. The fourth-order valence-electron chi connectivity index (χ4n) is 4.50. The summed E-state index contributed by atoms with van der Waals surface area (Å²) in [6.07, 6.45) is 4.05. The lowest BCUT2D eigenvalue weighted by Crippen LogP contribution is -2.65. The van der Waals surface area contributed by atoms with E-state index in [-0.39, 0.29) is 23.0 Å². The SMILES string of the molecule is CC1(C)CC(N)CC(C)(C)N1C(=O)Cc1ccc2[nH]ccc2c1. The first-order chi connectivity index (χ1) is 10.7. The summed E-state index contributed by atoms with van der Waals surface area (Å²) in [7, 11) is 0. The van der Waals surface area contributed by atoms with Crippen molar-refractivity contribution in [2.45, 2.75) is 64.1 Å². The number of benzene rings is 1. The molecule has 2 heterocycles. The van der Waals surface area contributed by atoms with E-state index in [1.807, 2.05) is 24.4 Å². The van der Waals surface area contributed by atoms with Gasteiger partial charge in [-0.05, 0) is 69.7 Å². The highest BCUT2D eigenvalue weighted by Gasteiger charge is 2.46. The molecule has 1 aliphatic rings. The van der Waals surface area contributed by atoms with Crippen LogP contribution in [0.15, 0.2) is 30.5 Å². The molecule has 3 rings (SSSR count). The molecule has 1 aromatic carbocycles. The highest BCUT2D eigenvalue weighted by molar-refractivity contribution is 5.84. The highest BCUT2D eigenvalue weighted by atomic mass is 16.2. The van der Waals surface area contributed by atoms with Crippen LogP contribution in [0.3, 0.4) is 0 Å². The standard InChI is InChI=1S/C19H27N3O/c1-18(2)11-15(20)12-19(3,4)22(18)17(23)10-13-5-6-16-14(9-13)7-8-21-16/h5-9,15,21H,10-12,20H2,1-4H3. The lowest BCUT2D eigenvalue weighted by molar-refractivity contribution is -0.148. The molecule has 4 heteroatoms. The van der Waals surface area contributed by atoms with Crippen molar-refractivity contribution in [2.75, 3.05) is 0 Å². The molecule has 1 aromatic heterocycles. The zero-order valence-corrected chi connectivity index (χ0v) is 14.5. The van der Waals surface area contributed by atoms with Gasteiger partial charge in [0.25, 0.3) is 0 Å². The van der Waals surface area contributed by atoms with Crippen LogP contribution in [0, 0.1) is 0 Å². The van der Waals surface area contributed by atoms with Gasteiger partial charge in [0.1, 0.15) is 0 Å². The van der Waals surface area contributed by atoms with Crippen molar-refractivity contribution in [3.8, 4) is 0 Å². The third-order valence-electron chi connectivity index (χ3n) is 4.96. The lowest BCUT2D eigenvalue weighted by atomic mass is 9.77. The van der Waals surface area contributed by atoms with Gasteiger partial charge in [0.15, 0.2) is 0 Å². The Kier molecular flexibility index (Phi) is 3.75. The molecule has 1 fully saturated rings. The van der Waals surface area contributed by atoms with E-state index in [0.29, 0.717) is 6.42 Å². The summed E-state index contributed by atoms with van der Waals surface area (Å²) in [5, 5.41) is 1.15. The summed E-state index contributed by atoms with van der Waals surface area (Å²) < 4.78 is 0. The Labute approximate surface area is 138 Å². The number of piperidine rings is 1. The largest absolute Gasteiger partial charge is 0.361 e. The van der Waals surface area contributed by atoms with E-state index >= 15 is 0 Å². The van der Waals surface area contributed by atoms with Crippen LogP contribution in [0.2, 0.25) is 0 Å². The summed E-state index contributed by atoms with van der Waals surface area (Å²) in [4.78, 5) is 18.3. The van der Waals surface area contributed by atoms with Crippen molar-refractivity contribution >= 4 is 16.8 Å². The second kappa shape index (κ2) is 5.38. The van der Waals surface area contributed by atoms with E-state index in [2.05, 4.69) is 43.6 Å². The normalized spacial score (nSPS) is 20.8.